The Morgan fingerprint density at radius 2 is 1.04 bits per heavy atom. The summed E-state index contributed by atoms with van der Waals surface area (Å²) in [4.78, 5) is 2.49. The van der Waals surface area contributed by atoms with E-state index in [2.05, 4.69) is 195 Å². The van der Waals surface area contributed by atoms with Crippen molar-refractivity contribution >= 4 is 49.4 Å². The molecule has 1 nitrogen and oxygen atoms in total. The van der Waals surface area contributed by atoms with Crippen LogP contribution in [0.3, 0.4) is 0 Å². The molecule has 0 atom stereocenters. The van der Waals surface area contributed by atoms with E-state index in [9.17, 15) is 0 Å². The summed E-state index contributed by atoms with van der Waals surface area (Å²) < 4.78 is 0. The molecule has 0 unspecified atom stereocenters. The maximum atomic E-state index is 2.49. The van der Waals surface area contributed by atoms with E-state index in [-0.39, 0.29) is 5.41 Å². The third-order valence-electron chi connectivity index (χ3n) is 11.8. The zero-order valence-corrected chi connectivity index (χ0v) is 29.2. The molecule has 9 aromatic carbocycles. The summed E-state index contributed by atoms with van der Waals surface area (Å²) in [5.41, 5.74) is 16.5. The average molecular weight is 662 g/mol. The lowest BCUT2D eigenvalue weighted by Gasteiger charge is -2.29. The first kappa shape index (κ1) is 29.3. The van der Waals surface area contributed by atoms with Crippen LogP contribution in [0.5, 0.6) is 0 Å². The second-order valence-electron chi connectivity index (χ2n) is 14.9. The lowest BCUT2D eigenvalue weighted by Crippen LogP contribution is -2.16. The van der Waals surface area contributed by atoms with Crippen LogP contribution in [0.15, 0.2) is 176 Å². The molecule has 0 spiro atoms. The number of anilines is 3. The van der Waals surface area contributed by atoms with Crippen molar-refractivity contribution in [3.05, 3.63) is 187 Å². The molecule has 0 saturated carbocycles. The number of hydrogen-bond acceptors (Lipinski definition) is 1. The van der Waals surface area contributed by atoms with Gasteiger partial charge in [-0.3, -0.25) is 0 Å². The van der Waals surface area contributed by atoms with Crippen molar-refractivity contribution in [2.45, 2.75) is 19.3 Å². The predicted molar refractivity (Wildman–Crippen MR) is 221 cm³/mol. The van der Waals surface area contributed by atoms with E-state index in [1.54, 1.807) is 0 Å². The van der Waals surface area contributed by atoms with Gasteiger partial charge in [-0.2, -0.15) is 0 Å². The van der Waals surface area contributed by atoms with Crippen LogP contribution in [0.2, 0.25) is 0 Å². The monoisotopic (exact) mass is 661 g/mol. The van der Waals surface area contributed by atoms with Crippen molar-refractivity contribution in [1.29, 1.82) is 0 Å². The summed E-state index contributed by atoms with van der Waals surface area (Å²) in [6, 6.07) is 65.5. The van der Waals surface area contributed by atoms with E-state index in [0.29, 0.717) is 0 Å². The fourth-order valence-electron chi connectivity index (χ4n) is 9.36. The summed E-state index contributed by atoms with van der Waals surface area (Å²) in [6.07, 6.45) is 0. The first-order valence-electron chi connectivity index (χ1n) is 18.3. The fraction of sp³-hybridized carbons (Fsp3) is 0.0588. The molecular weight excluding hydrogens is 627 g/mol. The molecule has 9 aromatic rings. The van der Waals surface area contributed by atoms with E-state index >= 15 is 0 Å². The zero-order chi connectivity index (χ0) is 34.6. The maximum Gasteiger partial charge on any atom is 0.0543 e. The molecule has 244 valence electrons. The minimum Gasteiger partial charge on any atom is -0.310 e. The van der Waals surface area contributed by atoms with Crippen LogP contribution in [-0.4, -0.2) is 0 Å². The van der Waals surface area contributed by atoms with Gasteiger partial charge in [-0.15, -0.1) is 0 Å². The van der Waals surface area contributed by atoms with E-state index in [1.807, 2.05) is 0 Å². The van der Waals surface area contributed by atoms with E-state index in [1.165, 1.54) is 93.6 Å². The molecule has 2 aliphatic carbocycles. The van der Waals surface area contributed by atoms with Crippen molar-refractivity contribution in [1.82, 2.24) is 0 Å². The molecule has 52 heavy (non-hydrogen) atoms. The summed E-state index contributed by atoms with van der Waals surface area (Å²) in [5.74, 6) is 0. The van der Waals surface area contributed by atoms with Crippen LogP contribution >= 0.6 is 0 Å². The van der Waals surface area contributed by atoms with Crippen molar-refractivity contribution in [3.63, 3.8) is 0 Å². The number of nitrogens with zero attached hydrogens (tertiary/aromatic N) is 1. The van der Waals surface area contributed by atoms with Gasteiger partial charge in [0.1, 0.15) is 0 Å². The van der Waals surface area contributed by atoms with Gasteiger partial charge in [-0.05, 0) is 113 Å². The Bertz CT molecular complexity index is 2950. The number of rotatable bonds is 4. The lowest BCUT2D eigenvalue weighted by atomic mass is 9.82. The third-order valence-corrected chi connectivity index (χ3v) is 11.8. The minimum atomic E-state index is -0.0991. The molecular formula is C51H35N. The van der Waals surface area contributed by atoms with Crippen LogP contribution in [0.25, 0.3) is 76.8 Å². The van der Waals surface area contributed by atoms with Crippen LogP contribution in [0.4, 0.5) is 17.1 Å². The van der Waals surface area contributed by atoms with Crippen LogP contribution in [0, 0.1) is 0 Å². The molecule has 0 fully saturated rings. The van der Waals surface area contributed by atoms with Crippen molar-refractivity contribution < 1.29 is 0 Å². The van der Waals surface area contributed by atoms with Crippen molar-refractivity contribution in [3.8, 4) is 44.5 Å². The molecule has 0 aliphatic heterocycles. The Morgan fingerprint density at radius 1 is 0.385 bits per heavy atom. The molecule has 0 heterocycles. The summed E-state index contributed by atoms with van der Waals surface area (Å²) in [7, 11) is 0. The van der Waals surface area contributed by atoms with E-state index in [4.69, 9.17) is 0 Å². The van der Waals surface area contributed by atoms with Gasteiger partial charge in [-0.1, -0.05) is 159 Å². The Kier molecular flexibility index (Phi) is 6.08. The SMILES string of the molecule is CC1(C)c2ccccc2-c2c(N(c3cccc(-c4ccc5cccc6c5c4-c4ccccc4-6)c3)c3ccc4c(ccc5ccccc54)c3)cccc21. The molecule has 0 N–H and O–H groups in total. The Labute approximate surface area is 304 Å². The summed E-state index contributed by atoms with van der Waals surface area (Å²) in [6.45, 7) is 4.73. The molecule has 1 heteroatoms. The topological polar surface area (TPSA) is 3.24 Å². The summed E-state index contributed by atoms with van der Waals surface area (Å²) >= 11 is 0. The molecule has 0 bridgehead atoms. The highest BCUT2D eigenvalue weighted by molar-refractivity contribution is 6.19. The van der Waals surface area contributed by atoms with Crippen LogP contribution < -0.4 is 4.90 Å². The largest absolute Gasteiger partial charge is 0.310 e. The molecule has 0 saturated heterocycles. The second-order valence-corrected chi connectivity index (χ2v) is 14.9. The highest BCUT2D eigenvalue weighted by Gasteiger charge is 2.37. The van der Waals surface area contributed by atoms with E-state index in [0.717, 1.165) is 11.4 Å². The van der Waals surface area contributed by atoms with Gasteiger partial charge in [-0.25, -0.2) is 0 Å². The second kappa shape index (κ2) is 10.8. The Hall–Kier alpha value is -6.44. The van der Waals surface area contributed by atoms with Gasteiger partial charge in [0.25, 0.3) is 0 Å². The van der Waals surface area contributed by atoms with Gasteiger partial charge in [0.05, 0.1) is 5.69 Å². The standard InChI is InChI=1S/C51H35N/c1-51(2)45-21-8-7-19-44(45)50-46(51)22-11-23-47(50)52(37-27-29-39-35(31-37)25-24-32-12-3-4-16-38(32)39)36-15-9-14-34(30-36)40-28-26-33-13-10-20-42-41-17-5-6-18-43(41)49(40)48(33)42/h3-31H,1-2H3. The highest BCUT2D eigenvalue weighted by atomic mass is 15.1. The number of benzene rings is 9. The molecule has 2 aliphatic rings. The number of fused-ring (bicyclic) bond motifs is 9. The maximum absolute atomic E-state index is 2.49. The highest BCUT2D eigenvalue weighted by Crippen LogP contribution is 2.55. The van der Waals surface area contributed by atoms with Gasteiger partial charge in [0.2, 0.25) is 0 Å². The molecule has 0 radical (unpaired) electrons. The van der Waals surface area contributed by atoms with Crippen LogP contribution in [-0.2, 0) is 5.41 Å². The quantitative estimate of drug-likeness (QED) is 0.170. The predicted octanol–water partition coefficient (Wildman–Crippen LogP) is 14.2. The molecule has 0 aromatic heterocycles. The van der Waals surface area contributed by atoms with Crippen molar-refractivity contribution in [2.24, 2.45) is 0 Å². The first-order chi connectivity index (χ1) is 25.6. The van der Waals surface area contributed by atoms with Crippen LogP contribution in [0.1, 0.15) is 25.0 Å². The fourth-order valence-corrected chi connectivity index (χ4v) is 9.36. The summed E-state index contributed by atoms with van der Waals surface area (Å²) in [5, 5.41) is 7.69. The smallest absolute Gasteiger partial charge is 0.0543 e. The van der Waals surface area contributed by atoms with Crippen molar-refractivity contribution in [2.75, 3.05) is 4.90 Å². The van der Waals surface area contributed by atoms with E-state index < -0.39 is 0 Å². The first-order valence-corrected chi connectivity index (χ1v) is 18.3. The number of hydrogen-bond donors (Lipinski definition) is 0. The van der Waals surface area contributed by atoms with Gasteiger partial charge < -0.3 is 4.90 Å². The Balaban J connectivity index is 1.17. The van der Waals surface area contributed by atoms with Gasteiger partial charge in [0.15, 0.2) is 0 Å². The average Bonchev–Trinajstić information content (AvgIpc) is 3.65. The third kappa shape index (κ3) is 4.05. The Morgan fingerprint density at radius 3 is 1.96 bits per heavy atom. The zero-order valence-electron chi connectivity index (χ0n) is 29.2. The molecule has 11 rings (SSSR count). The van der Waals surface area contributed by atoms with Gasteiger partial charge >= 0.3 is 0 Å². The molecule has 0 amide bonds. The van der Waals surface area contributed by atoms with Gasteiger partial charge in [0, 0.05) is 22.4 Å². The minimum absolute atomic E-state index is 0.0991. The normalized spacial score (nSPS) is 13.3. The lowest BCUT2D eigenvalue weighted by molar-refractivity contribution is 0.660.